The Balaban J connectivity index is 1.46. The maximum atomic E-state index is 13.5. The number of rotatable bonds is 10. The molecule has 0 fully saturated rings. The van der Waals surface area contributed by atoms with E-state index < -0.39 is 22.5 Å². The maximum absolute atomic E-state index is 13.5. The fourth-order valence-electron chi connectivity index (χ4n) is 4.05. The van der Waals surface area contributed by atoms with Crippen LogP contribution in [0.15, 0.2) is 107 Å². The van der Waals surface area contributed by atoms with Gasteiger partial charge in [0, 0.05) is 27.5 Å². The number of halogens is 2. The first kappa shape index (κ1) is 28.4. The number of benzene rings is 3. The molecule has 0 unspecified atom stereocenters. The first-order chi connectivity index (χ1) is 19.7. The molecular weight excluding hydrogens is 587 g/mol. The van der Waals surface area contributed by atoms with Gasteiger partial charge in [0.05, 0.1) is 37.1 Å². The van der Waals surface area contributed by atoms with Crippen molar-refractivity contribution in [2.45, 2.75) is 11.4 Å². The summed E-state index contributed by atoms with van der Waals surface area (Å²) in [5.74, 6) is 0.641. The average Bonchev–Trinajstić information content (AvgIpc) is 3.64. The van der Waals surface area contributed by atoms with Gasteiger partial charge in [-0.2, -0.15) is 4.31 Å². The summed E-state index contributed by atoms with van der Waals surface area (Å²) in [5.41, 5.74) is 2.06. The molecule has 9 nitrogen and oxygen atoms in total. The standard InChI is InChI=1S/C29H24Cl2N4O5S/c1-39-24-12-10-23(11-13-24)35-18-27(20-4-6-21(30)7-5-20)32-29(35)33-28(36)19-34(17-25-3-2-16-40-25)41(37,38)26-14-8-22(31)9-15-26/h2-16,18H,17,19H2,1H3,(H,32,33,36). The fraction of sp³-hybridized carbons (Fsp3) is 0.103. The predicted molar refractivity (Wildman–Crippen MR) is 157 cm³/mol. The Morgan fingerprint density at radius 3 is 2.24 bits per heavy atom. The van der Waals surface area contributed by atoms with E-state index in [1.807, 2.05) is 24.3 Å². The van der Waals surface area contributed by atoms with Crippen LogP contribution in [-0.4, -0.2) is 41.8 Å². The Hall–Kier alpha value is -4.09. The first-order valence-electron chi connectivity index (χ1n) is 12.3. The number of ether oxygens (including phenoxy) is 1. The minimum atomic E-state index is -4.09. The predicted octanol–water partition coefficient (Wildman–Crippen LogP) is 6.28. The van der Waals surface area contributed by atoms with E-state index in [2.05, 4.69) is 10.3 Å². The summed E-state index contributed by atoms with van der Waals surface area (Å²) < 4.78 is 40.5. The van der Waals surface area contributed by atoms with Crippen LogP contribution in [0.5, 0.6) is 5.75 Å². The third-order valence-corrected chi connectivity index (χ3v) is 8.44. The molecule has 0 aliphatic heterocycles. The number of amides is 1. The van der Waals surface area contributed by atoms with Gasteiger partial charge in [-0.15, -0.1) is 0 Å². The van der Waals surface area contributed by atoms with Crippen LogP contribution in [0.3, 0.4) is 0 Å². The number of furan rings is 1. The van der Waals surface area contributed by atoms with Crippen molar-refractivity contribution in [1.29, 1.82) is 0 Å². The number of carbonyl (C=O) groups is 1. The molecule has 1 amide bonds. The Labute approximate surface area is 247 Å². The van der Waals surface area contributed by atoms with Crippen molar-refractivity contribution in [3.05, 3.63) is 113 Å². The van der Waals surface area contributed by atoms with Crippen LogP contribution in [0.2, 0.25) is 10.0 Å². The molecule has 12 heteroatoms. The molecule has 2 heterocycles. The largest absolute Gasteiger partial charge is 0.497 e. The molecule has 5 aromatic rings. The van der Waals surface area contributed by atoms with Gasteiger partial charge in [-0.1, -0.05) is 35.3 Å². The van der Waals surface area contributed by atoms with Gasteiger partial charge in [0.1, 0.15) is 11.5 Å². The van der Waals surface area contributed by atoms with Gasteiger partial charge in [-0.3, -0.25) is 14.7 Å². The summed E-state index contributed by atoms with van der Waals surface area (Å²) in [5, 5.41) is 3.75. The van der Waals surface area contributed by atoms with Crippen LogP contribution in [-0.2, 0) is 21.4 Å². The summed E-state index contributed by atoms with van der Waals surface area (Å²) in [6, 6.07) is 23.3. The van der Waals surface area contributed by atoms with Gasteiger partial charge in [0.15, 0.2) is 0 Å². The van der Waals surface area contributed by atoms with Crippen molar-refractivity contribution >= 4 is 45.1 Å². The van der Waals surface area contributed by atoms with Crippen LogP contribution in [0.4, 0.5) is 5.95 Å². The van der Waals surface area contributed by atoms with Crippen molar-refractivity contribution in [2.75, 3.05) is 19.0 Å². The molecule has 2 aromatic heterocycles. The van der Waals surface area contributed by atoms with Gasteiger partial charge in [0.25, 0.3) is 0 Å². The molecule has 0 spiro atoms. The highest BCUT2D eigenvalue weighted by molar-refractivity contribution is 7.89. The third-order valence-electron chi connectivity index (χ3n) is 6.13. The van der Waals surface area contributed by atoms with Crippen molar-refractivity contribution in [1.82, 2.24) is 13.9 Å². The zero-order chi connectivity index (χ0) is 29.0. The lowest BCUT2D eigenvalue weighted by Gasteiger charge is -2.21. The second kappa shape index (κ2) is 12.2. The molecule has 210 valence electrons. The molecular formula is C29H24Cl2N4O5S. The zero-order valence-corrected chi connectivity index (χ0v) is 24.0. The molecule has 1 N–H and O–H groups in total. The number of hydrogen-bond donors (Lipinski definition) is 1. The molecule has 5 rings (SSSR count). The molecule has 0 aliphatic carbocycles. The number of carbonyl (C=O) groups excluding carboxylic acids is 1. The van der Waals surface area contributed by atoms with Crippen LogP contribution in [0.25, 0.3) is 16.9 Å². The Morgan fingerprint density at radius 1 is 0.976 bits per heavy atom. The molecule has 0 aliphatic rings. The topological polar surface area (TPSA) is 107 Å². The zero-order valence-electron chi connectivity index (χ0n) is 21.7. The highest BCUT2D eigenvalue weighted by Crippen LogP contribution is 2.27. The van der Waals surface area contributed by atoms with Gasteiger partial charge in [0.2, 0.25) is 21.9 Å². The molecule has 41 heavy (non-hydrogen) atoms. The molecule has 0 saturated heterocycles. The molecule has 3 aromatic carbocycles. The number of anilines is 1. The summed E-state index contributed by atoms with van der Waals surface area (Å²) in [7, 11) is -2.52. The van der Waals surface area contributed by atoms with Crippen LogP contribution in [0, 0.1) is 0 Å². The molecule has 0 bridgehead atoms. The van der Waals surface area contributed by atoms with Gasteiger partial charge in [-0.25, -0.2) is 13.4 Å². The maximum Gasteiger partial charge on any atom is 0.243 e. The monoisotopic (exact) mass is 610 g/mol. The Morgan fingerprint density at radius 2 is 1.63 bits per heavy atom. The minimum absolute atomic E-state index is 0.00832. The molecule has 0 radical (unpaired) electrons. The van der Waals surface area contributed by atoms with E-state index >= 15 is 0 Å². The summed E-state index contributed by atoms with van der Waals surface area (Å²) in [4.78, 5) is 18.0. The Kier molecular flexibility index (Phi) is 8.46. The lowest BCUT2D eigenvalue weighted by Crippen LogP contribution is -2.37. The van der Waals surface area contributed by atoms with Crippen molar-refractivity contribution in [3.63, 3.8) is 0 Å². The van der Waals surface area contributed by atoms with Gasteiger partial charge < -0.3 is 9.15 Å². The number of aromatic nitrogens is 2. The first-order valence-corrected chi connectivity index (χ1v) is 14.5. The van der Waals surface area contributed by atoms with Crippen LogP contribution in [0.1, 0.15) is 5.76 Å². The summed E-state index contributed by atoms with van der Waals surface area (Å²) in [6.45, 7) is -0.661. The lowest BCUT2D eigenvalue weighted by atomic mass is 10.2. The minimum Gasteiger partial charge on any atom is -0.497 e. The van der Waals surface area contributed by atoms with Crippen LogP contribution >= 0.6 is 23.2 Å². The number of nitrogens with one attached hydrogen (secondary N) is 1. The van der Waals surface area contributed by atoms with E-state index in [1.165, 1.54) is 30.5 Å². The van der Waals surface area contributed by atoms with E-state index in [-0.39, 0.29) is 17.4 Å². The van der Waals surface area contributed by atoms with Crippen molar-refractivity contribution in [3.8, 4) is 22.7 Å². The van der Waals surface area contributed by atoms with E-state index in [4.69, 9.17) is 32.4 Å². The number of methoxy groups -OCH3 is 1. The number of imidazole rings is 1. The summed E-state index contributed by atoms with van der Waals surface area (Å²) in [6.07, 6.45) is 3.21. The van der Waals surface area contributed by atoms with Gasteiger partial charge >= 0.3 is 0 Å². The van der Waals surface area contributed by atoms with E-state index in [1.54, 1.807) is 54.3 Å². The van der Waals surface area contributed by atoms with Crippen molar-refractivity contribution < 1.29 is 22.4 Å². The Bertz CT molecular complexity index is 1740. The molecule has 0 atom stereocenters. The number of sulfonamides is 1. The van der Waals surface area contributed by atoms with Crippen LogP contribution < -0.4 is 10.1 Å². The highest BCUT2D eigenvalue weighted by atomic mass is 35.5. The second-order valence-corrected chi connectivity index (χ2v) is 11.7. The number of nitrogens with zero attached hydrogens (tertiary/aromatic N) is 3. The SMILES string of the molecule is COc1ccc(-n2cc(-c3ccc(Cl)cc3)nc2NC(=O)CN(Cc2ccco2)S(=O)(=O)c2ccc(Cl)cc2)cc1. The number of hydrogen-bond acceptors (Lipinski definition) is 6. The average molecular weight is 612 g/mol. The van der Waals surface area contributed by atoms with Gasteiger partial charge in [-0.05, 0) is 72.8 Å². The highest BCUT2D eigenvalue weighted by Gasteiger charge is 2.28. The fourth-order valence-corrected chi connectivity index (χ4v) is 5.66. The second-order valence-electron chi connectivity index (χ2n) is 8.88. The normalized spacial score (nSPS) is 11.5. The van der Waals surface area contributed by atoms with E-state index in [0.29, 0.717) is 32.9 Å². The smallest absolute Gasteiger partial charge is 0.243 e. The third kappa shape index (κ3) is 6.63. The lowest BCUT2D eigenvalue weighted by molar-refractivity contribution is -0.116. The van der Waals surface area contributed by atoms with E-state index in [0.717, 1.165) is 9.87 Å². The van der Waals surface area contributed by atoms with Crippen molar-refractivity contribution in [2.24, 2.45) is 0 Å². The quantitative estimate of drug-likeness (QED) is 0.199. The molecule has 0 saturated carbocycles. The summed E-state index contributed by atoms with van der Waals surface area (Å²) >= 11 is 12.0. The van der Waals surface area contributed by atoms with E-state index in [9.17, 15) is 13.2 Å².